The van der Waals surface area contributed by atoms with Crippen molar-refractivity contribution in [2.45, 2.75) is 99.3 Å². The van der Waals surface area contributed by atoms with Crippen LogP contribution in [0.1, 0.15) is 99.3 Å². The van der Waals surface area contributed by atoms with Crippen molar-refractivity contribution in [2.24, 2.45) is 17.3 Å². The highest BCUT2D eigenvalue weighted by molar-refractivity contribution is 4.80. The van der Waals surface area contributed by atoms with Crippen LogP contribution in [0.2, 0.25) is 0 Å². The Kier molecular flexibility index (Phi) is 9.87. The first-order chi connectivity index (χ1) is 8.45. The van der Waals surface area contributed by atoms with Crippen LogP contribution in [0, 0.1) is 17.3 Å². The first kappa shape index (κ1) is 18.0. The van der Waals surface area contributed by atoms with Crippen molar-refractivity contribution in [3.63, 3.8) is 0 Å². The number of hydrogen-bond donors (Lipinski definition) is 0. The molecule has 0 atom stereocenters. The molecule has 0 N–H and O–H groups in total. The smallest absolute Gasteiger partial charge is 0.0280 e. The second kappa shape index (κ2) is 9.87. The minimum atomic E-state index is 0.544. The molecule has 0 saturated heterocycles. The summed E-state index contributed by atoms with van der Waals surface area (Å²) in [6.45, 7) is 14.4. The van der Waals surface area contributed by atoms with Crippen LogP contribution >= 0.6 is 0 Å². The normalized spacial score (nSPS) is 12.7. The fourth-order valence-corrected chi connectivity index (χ4v) is 2.88. The standard InChI is InChI=1S/C18H38/c1-7-8-9-10-11-12-13-14-15-18(6,16(2)3)17(4)5/h16-17H,7-15H2,1-6H3. The quantitative estimate of drug-likeness (QED) is 0.354. The van der Waals surface area contributed by atoms with Crippen LogP contribution in [-0.4, -0.2) is 0 Å². The number of unbranched alkanes of at least 4 members (excludes halogenated alkanes) is 7. The van der Waals surface area contributed by atoms with Gasteiger partial charge in [0.1, 0.15) is 0 Å². The lowest BCUT2D eigenvalue weighted by atomic mass is 9.67. The van der Waals surface area contributed by atoms with Crippen LogP contribution in [0.3, 0.4) is 0 Å². The Labute approximate surface area is 117 Å². The third-order valence-corrected chi connectivity index (χ3v) is 5.21. The molecule has 0 fully saturated rings. The molecule has 0 heteroatoms. The summed E-state index contributed by atoms with van der Waals surface area (Å²) in [5.74, 6) is 1.61. The van der Waals surface area contributed by atoms with E-state index in [0.29, 0.717) is 5.41 Å². The highest BCUT2D eigenvalue weighted by Gasteiger charge is 2.30. The monoisotopic (exact) mass is 254 g/mol. The van der Waals surface area contributed by atoms with Gasteiger partial charge in [0.15, 0.2) is 0 Å². The zero-order valence-corrected chi connectivity index (χ0v) is 14.0. The van der Waals surface area contributed by atoms with Crippen LogP contribution in [0.25, 0.3) is 0 Å². The van der Waals surface area contributed by atoms with Gasteiger partial charge in [-0.2, -0.15) is 0 Å². The van der Waals surface area contributed by atoms with E-state index in [1.807, 2.05) is 0 Å². The second-order valence-corrected chi connectivity index (χ2v) is 7.04. The Morgan fingerprint density at radius 2 is 1.06 bits per heavy atom. The maximum absolute atomic E-state index is 2.49. The Morgan fingerprint density at radius 1 is 0.667 bits per heavy atom. The molecule has 110 valence electrons. The molecule has 0 rings (SSSR count). The molecule has 0 nitrogen and oxygen atoms in total. The van der Waals surface area contributed by atoms with Gasteiger partial charge in [-0.05, 0) is 23.7 Å². The minimum absolute atomic E-state index is 0.544. The Balaban J connectivity index is 3.63. The van der Waals surface area contributed by atoms with Crippen LogP contribution in [-0.2, 0) is 0 Å². The highest BCUT2D eigenvalue weighted by atomic mass is 14.4. The summed E-state index contributed by atoms with van der Waals surface area (Å²) in [6, 6.07) is 0. The molecule has 0 saturated carbocycles. The summed E-state index contributed by atoms with van der Waals surface area (Å²) >= 11 is 0. The molecule has 0 aromatic heterocycles. The molecule has 0 aliphatic heterocycles. The lowest BCUT2D eigenvalue weighted by molar-refractivity contribution is 0.119. The molecule has 0 radical (unpaired) electrons. The van der Waals surface area contributed by atoms with Gasteiger partial charge in [-0.25, -0.2) is 0 Å². The van der Waals surface area contributed by atoms with Gasteiger partial charge in [-0.15, -0.1) is 0 Å². The van der Waals surface area contributed by atoms with Crippen molar-refractivity contribution in [3.8, 4) is 0 Å². The van der Waals surface area contributed by atoms with Crippen molar-refractivity contribution >= 4 is 0 Å². The van der Waals surface area contributed by atoms with Gasteiger partial charge < -0.3 is 0 Å². The van der Waals surface area contributed by atoms with Gasteiger partial charge >= 0.3 is 0 Å². The Bertz CT molecular complexity index is 170. The van der Waals surface area contributed by atoms with Crippen molar-refractivity contribution in [1.82, 2.24) is 0 Å². The Hall–Kier alpha value is 0. The molecule has 18 heavy (non-hydrogen) atoms. The summed E-state index contributed by atoms with van der Waals surface area (Å²) in [4.78, 5) is 0. The van der Waals surface area contributed by atoms with E-state index in [1.54, 1.807) is 0 Å². The van der Waals surface area contributed by atoms with E-state index in [2.05, 4.69) is 41.5 Å². The lowest BCUT2D eigenvalue weighted by Crippen LogP contribution is -2.29. The van der Waals surface area contributed by atoms with Crippen molar-refractivity contribution in [1.29, 1.82) is 0 Å². The molecule has 0 heterocycles. The summed E-state index contributed by atoms with van der Waals surface area (Å²) in [5, 5.41) is 0. The van der Waals surface area contributed by atoms with E-state index in [4.69, 9.17) is 0 Å². The average Bonchev–Trinajstić information content (AvgIpc) is 2.31. The topological polar surface area (TPSA) is 0 Å². The van der Waals surface area contributed by atoms with Crippen molar-refractivity contribution in [2.75, 3.05) is 0 Å². The maximum Gasteiger partial charge on any atom is -0.0280 e. The zero-order valence-electron chi connectivity index (χ0n) is 14.0. The minimum Gasteiger partial charge on any atom is -0.0654 e. The van der Waals surface area contributed by atoms with Crippen LogP contribution < -0.4 is 0 Å². The number of hydrogen-bond acceptors (Lipinski definition) is 0. The molecule has 0 aromatic carbocycles. The fourth-order valence-electron chi connectivity index (χ4n) is 2.88. The molecular weight excluding hydrogens is 216 g/mol. The molecule has 0 spiro atoms. The second-order valence-electron chi connectivity index (χ2n) is 7.04. The van der Waals surface area contributed by atoms with Crippen molar-refractivity contribution < 1.29 is 0 Å². The largest absolute Gasteiger partial charge is 0.0654 e. The van der Waals surface area contributed by atoms with E-state index in [9.17, 15) is 0 Å². The van der Waals surface area contributed by atoms with Gasteiger partial charge in [-0.3, -0.25) is 0 Å². The average molecular weight is 255 g/mol. The first-order valence-corrected chi connectivity index (χ1v) is 8.45. The summed E-state index contributed by atoms with van der Waals surface area (Å²) in [7, 11) is 0. The molecule has 0 aliphatic rings. The van der Waals surface area contributed by atoms with E-state index in [0.717, 1.165) is 11.8 Å². The van der Waals surface area contributed by atoms with E-state index < -0.39 is 0 Å². The van der Waals surface area contributed by atoms with Gasteiger partial charge in [0.2, 0.25) is 0 Å². The molecule has 0 unspecified atom stereocenters. The Morgan fingerprint density at radius 3 is 1.44 bits per heavy atom. The summed E-state index contributed by atoms with van der Waals surface area (Å²) in [6.07, 6.45) is 12.9. The van der Waals surface area contributed by atoms with Crippen LogP contribution in [0.4, 0.5) is 0 Å². The van der Waals surface area contributed by atoms with Gasteiger partial charge in [-0.1, -0.05) is 92.9 Å². The van der Waals surface area contributed by atoms with Gasteiger partial charge in [0, 0.05) is 0 Å². The zero-order chi connectivity index (χ0) is 14.0. The lowest BCUT2D eigenvalue weighted by Gasteiger charge is -2.38. The SMILES string of the molecule is CCCCCCCCCCC(C)(C(C)C)C(C)C. The fraction of sp³-hybridized carbons (Fsp3) is 1.00. The van der Waals surface area contributed by atoms with Crippen LogP contribution in [0.15, 0.2) is 0 Å². The first-order valence-electron chi connectivity index (χ1n) is 8.45. The predicted molar refractivity (Wildman–Crippen MR) is 85.0 cm³/mol. The molecule has 0 amide bonds. The third-order valence-electron chi connectivity index (χ3n) is 5.21. The molecule has 0 aromatic rings. The predicted octanol–water partition coefficient (Wildman–Crippen LogP) is 6.84. The molecule has 0 aliphatic carbocycles. The highest BCUT2D eigenvalue weighted by Crippen LogP contribution is 2.40. The van der Waals surface area contributed by atoms with Crippen LogP contribution in [0.5, 0.6) is 0 Å². The van der Waals surface area contributed by atoms with Gasteiger partial charge in [0.25, 0.3) is 0 Å². The number of rotatable bonds is 11. The molecule has 0 bridgehead atoms. The molecular formula is C18H38. The maximum atomic E-state index is 2.49. The third kappa shape index (κ3) is 6.81. The summed E-state index contributed by atoms with van der Waals surface area (Å²) in [5.41, 5.74) is 0.544. The van der Waals surface area contributed by atoms with Gasteiger partial charge in [0.05, 0.1) is 0 Å². The van der Waals surface area contributed by atoms with E-state index in [-0.39, 0.29) is 0 Å². The van der Waals surface area contributed by atoms with E-state index in [1.165, 1.54) is 57.8 Å². The van der Waals surface area contributed by atoms with E-state index >= 15 is 0 Å². The summed E-state index contributed by atoms with van der Waals surface area (Å²) < 4.78 is 0. The van der Waals surface area contributed by atoms with Crippen molar-refractivity contribution in [3.05, 3.63) is 0 Å².